The summed E-state index contributed by atoms with van der Waals surface area (Å²) in [5.74, 6) is -0.450. The minimum atomic E-state index is -0.624. The van der Waals surface area contributed by atoms with E-state index in [0.717, 1.165) is 0 Å². The number of rotatable bonds is 6. The van der Waals surface area contributed by atoms with E-state index in [-0.39, 0.29) is 11.6 Å². The van der Waals surface area contributed by atoms with Gasteiger partial charge < -0.3 is 14.2 Å². The van der Waals surface area contributed by atoms with Crippen LogP contribution in [0.15, 0.2) is 28.3 Å². The number of aliphatic imine (C=N–C) groups is 1. The zero-order valence-corrected chi connectivity index (χ0v) is 10.9. The summed E-state index contributed by atoms with van der Waals surface area (Å²) < 4.78 is 14.9. The van der Waals surface area contributed by atoms with Crippen molar-refractivity contribution in [2.75, 3.05) is 27.4 Å². The summed E-state index contributed by atoms with van der Waals surface area (Å²) in [5, 5.41) is 0. The van der Waals surface area contributed by atoms with Gasteiger partial charge in [-0.25, -0.2) is 9.79 Å². The van der Waals surface area contributed by atoms with E-state index in [9.17, 15) is 4.79 Å². The van der Waals surface area contributed by atoms with Gasteiger partial charge in [-0.1, -0.05) is 13.2 Å². The molecule has 0 spiro atoms. The average molecular weight is 292 g/mol. The van der Waals surface area contributed by atoms with E-state index in [1.807, 2.05) is 0 Å². The third-order valence-electron chi connectivity index (χ3n) is 1.42. The van der Waals surface area contributed by atoms with Gasteiger partial charge in [0.25, 0.3) is 0 Å². The highest BCUT2D eigenvalue weighted by Gasteiger charge is 2.09. The van der Waals surface area contributed by atoms with E-state index in [2.05, 4.69) is 38.8 Å². The van der Waals surface area contributed by atoms with E-state index >= 15 is 0 Å². The van der Waals surface area contributed by atoms with Crippen LogP contribution in [0, 0.1) is 0 Å². The van der Waals surface area contributed by atoms with Crippen molar-refractivity contribution < 1.29 is 19.0 Å². The summed E-state index contributed by atoms with van der Waals surface area (Å²) in [6.45, 7) is 7.75. The molecule has 0 atom stereocenters. The van der Waals surface area contributed by atoms with Crippen LogP contribution in [0.1, 0.15) is 0 Å². The number of carbonyl (C=O) groups excluding carboxylic acids is 1. The standard InChI is InChI=1S/C10H14BrNO4/c1-7(11)9(16-6-5-14-3)12-8(2)10(13)15-4/h1-2,5-6H2,3-4H3. The monoisotopic (exact) mass is 291 g/mol. The van der Waals surface area contributed by atoms with E-state index in [1.54, 1.807) is 7.11 Å². The Morgan fingerprint density at radius 1 is 1.31 bits per heavy atom. The molecule has 90 valence electrons. The van der Waals surface area contributed by atoms with Crippen LogP contribution in [0.5, 0.6) is 0 Å². The SMILES string of the molecule is C=C(Br)C(=NC(=C)C(=O)OC)OCCOC. The minimum absolute atomic E-state index is 0.0597. The molecule has 0 unspecified atom stereocenters. The molecule has 0 rings (SSSR count). The molecule has 0 aliphatic carbocycles. The zero-order valence-electron chi connectivity index (χ0n) is 9.29. The maximum Gasteiger partial charge on any atom is 0.356 e. The molecule has 0 radical (unpaired) electrons. The number of methoxy groups -OCH3 is 2. The molecule has 0 N–H and O–H groups in total. The summed E-state index contributed by atoms with van der Waals surface area (Å²) in [4.78, 5) is 14.9. The molecule has 0 aromatic heterocycles. The van der Waals surface area contributed by atoms with E-state index in [1.165, 1.54) is 7.11 Å². The molecule has 0 aliphatic heterocycles. The van der Waals surface area contributed by atoms with E-state index in [4.69, 9.17) is 9.47 Å². The second-order valence-electron chi connectivity index (χ2n) is 2.60. The Hall–Kier alpha value is -1.14. The van der Waals surface area contributed by atoms with Gasteiger partial charge in [0.1, 0.15) is 12.3 Å². The molecule has 0 bridgehead atoms. The number of halogens is 1. The van der Waals surface area contributed by atoms with Crippen molar-refractivity contribution in [3.05, 3.63) is 23.3 Å². The van der Waals surface area contributed by atoms with Gasteiger partial charge in [-0.05, 0) is 15.9 Å². The lowest BCUT2D eigenvalue weighted by atomic mass is 10.5. The van der Waals surface area contributed by atoms with Crippen LogP contribution in [0.25, 0.3) is 0 Å². The molecule has 16 heavy (non-hydrogen) atoms. The van der Waals surface area contributed by atoms with Crippen LogP contribution >= 0.6 is 15.9 Å². The van der Waals surface area contributed by atoms with Crippen molar-refractivity contribution in [2.45, 2.75) is 0 Å². The number of ether oxygens (including phenoxy) is 3. The van der Waals surface area contributed by atoms with E-state index < -0.39 is 5.97 Å². The van der Waals surface area contributed by atoms with E-state index in [0.29, 0.717) is 17.7 Å². The number of hydrogen-bond donors (Lipinski definition) is 0. The highest BCUT2D eigenvalue weighted by atomic mass is 79.9. The maximum absolute atomic E-state index is 11.0. The third-order valence-corrected chi connectivity index (χ3v) is 1.76. The molecule has 0 heterocycles. The number of esters is 1. The Morgan fingerprint density at radius 3 is 2.38 bits per heavy atom. The van der Waals surface area contributed by atoms with Crippen LogP contribution in [-0.2, 0) is 19.0 Å². The lowest BCUT2D eigenvalue weighted by Crippen LogP contribution is -2.12. The first kappa shape index (κ1) is 14.9. The van der Waals surface area contributed by atoms with Gasteiger partial charge in [0, 0.05) is 7.11 Å². The van der Waals surface area contributed by atoms with Gasteiger partial charge in [-0.3, -0.25) is 0 Å². The Balaban J connectivity index is 4.52. The van der Waals surface area contributed by atoms with Crippen molar-refractivity contribution >= 4 is 27.8 Å². The Morgan fingerprint density at radius 2 is 1.94 bits per heavy atom. The van der Waals surface area contributed by atoms with Crippen LogP contribution < -0.4 is 0 Å². The second-order valence-corrected chi connectivity index (χ2v) is 3.56. The smallest absolute Gasteiger partial charge is 0.356 e. The van der Waals surface area contributed by atoms with Crippen molar-refractivity contribution in [1.82, 2.24) is 0 Å². The first-order valence-corrected chi connectivity index (χ1v) is 5.14. The fourth-order valence-electron chi connectivity index (χ4n) is 0.679. The number of nitrogens with zero attached hydrogens (tertiary/aromatic N) is 1. The summed E-state index contributed by atoms with van der Waals surface area (Å²) in [6.07, 6.45) is 0. The van der Waals surface area contributed by atoms with Gasteiger partial charge in [-0.2, -0.15) is 0 Å². The van der Waals surface area contributed by atoms with Gasteiger partial charge >= 0.3 is 5.97 Å². The predicted octanol–water partition coefficient (Wildman–Crippen LogP) is 1.64. The van der Waals surface area contributed by atoms with Crippen molar-refractivity contribution in [3.8, 4) is 0 Å². The quantitative estimate of drug-likeness (QED) is 0.245. The first-order chi connectivity index (χ1) is 7.52. The van der Waals surface area contributed by atoms with Crippen molar-refractivity contribution in [2.24, 2.45) is 4.99 Å². The van der Waals surface area contributed by atoms with Gasteiger partial charge in [0.05, 0.1) is 18.2 Å². The predicted molar refractivity (Wildman–Crippen MR) is 64.5 cm³/mol. The minimum Gasteiger partial charge on any atom is -0.474 e. The maximum atomic E-state index is 11.0. The molecule has 0 aliphatic rings. The van der Waals surface area contributed by atoms with Gasteiger partial charge in [0.2, 0.25) is 5.90 Å². The topological polar surface area (TPSA) is 57.1 Å². The zero-order chi connectivity index (χ0) is 12.6. The summed E-state index contributed by atoms with van der Waals surface area (Å²) in [6, 6.07) is 0. The largest absolute Gasteiger partial charge is 0.474 e. The van der Waals surface area contributed by atoms with Gasteiger partial charge in [-0.15, -0.1) is 0 Å². The fraction of sp³-hybridized carbons (Fsp3) is 0.400. The highest BCUT2D eigenvalue weighted by molar-refractivity contribution is 9.12. The van der Waals surface area contributed by atoms with Crippen molar-refractivity contribution in [3.63, 3.8) is 0 Å². The van der Waals surface area contributed by atoms with Crippen molar-refractivity contribution in [1.29, 1.82) is 0 Å². The Bertz CT molecular complexity index is 312. The van der Waals surface area contributed by atoms with Crippen LogP contribution in [0.4, 0.5) is 0 Å². The van der Waals surface area contributed by atoms with Crippen LogP contribution in [0.3, 0.4) is 0 Å². The Kier molecular flexibility index (Phi) is 7.49. The van der Waals surface area contributed by atoms with Gasteiger partial charge in [0.15, 0.2) is 0 Å². The van der Waals surface area contributed by atoms with Crippen LogP contribution in [0.2, 0.25) is 0 Å². The molecule has 0 amide bonds. The number of carbonyl (C=O) groups is 1. The molecule has 0 fully saturated rings. The first-order valence-electron chi connectivity index (χ1n) is 4.35. The summed E-state index contributed by atoms with van der Waals surface area (Å²) in [5.41, 5.74) is -0.0597. The molecule has 0 aromatic carbocycles. The molecule has 0 saturated carbocycles. The molecule has 5 nitrogen and oxygen atoms in total. The van der Waals surface area contributed by atoms with Crippen LogP contribution in [-0.4, -0.2) is 39.3 Å². The number of hydrogen-bond acceptors (Lipinski definition) is 5. The summed E-state index contributed by atoms with van der Waals surface area (Å²) in [7, 11) is 2.80. The molecule has 0 aromatic rings. The second kappa shape index (κ2) is 8.06. The highest BCUT2D eigenvalue weighted by Crippen LogP contribution is 2.09. The average Bonchev–Trinajstić information content (AvgIpc) is 2.26. The third kappa shape index (κ3) is 5.67. The lowest BCUT2D eigenvalue weighted by molar-refractivity contribution is -0.136. The summed E-state index contributed by atoms with van der Waals surface area (Å²) >= 11 is 3.11. The molecular weight excluding hydrogens is 278 g/mol. The fourth-order valence-corrected chi connectivity index (χ4v) is 0.882. The normalized spacial score (nSPS) is 10.8. The molecule has 0 saturated heterocycles. The lowest BCUT2D eigenvalue weighted by Gasteiger charge is -2.07. The Labute approximate surface area is 103 Å². The molecular formula is C10H14BrNO4. The molecule has 6 heteroatoms.